The van der Waals surface area contributed by atoms with E-state index in [-0.39, 0.29) is 5.57 Å². The number of hydrogen-bond donors (Lipinski definition) is 1. The molecule has 0 aliphatic carbocycles. The highest BCUT2D eigenvalue weighted by molar-refractivity contribution is 6.17. The average Bonchev–Trinajstić information content (AvgIpc) is 2.00. The molecule has 1 rings (SSSR count). The van der Waals surface area contributed by atoms with Gasteiger partial charge in [0.2, 0.25) is 0 Å². The van der Waals surface area contributed by atoms with Crippen molar-refractivity contribution in [1.29, 1.82) is 0 Å². The predicted octanol–water partition coefficient (Wildman–Crippen LogP) is -0.307. The van der Waals surface area contributed by atoms with Crippen molar-refractivity contribution < 1.29 is 19.1 Å². The summed E-state index contributed by atoms with van der Waals surface area (Å²) in [5, 5.41) is 3.12. The van der Waals surface area contributed by atoms with Crippen LogP contribution in [0.2, 0.25) is 0 Å². The summed E-state index contributed by atoms with van der Waals surface area (Å²) in [6.07, 6.45) is 2.25. The van der Waals surface area contributed by atoms with Gasteiger partial charge in [0, 0.05) is 20.1 Å². The normalized spacial score (nSPS) is 20.6. The van der Waals surface area contributed by atoms with E-state index >= 15 is 0 Å². The van der Waals surface area contributed by atoms with Crippen molar-refractivity contribution >= 4 is 18.2 Å². The van der Waals surface area contributed by atoms with Crippen molar-refractivity contribution in [2.75, 3.05) is 0 Å². The summed E-state index contributed by atoms with van der Waals surface area (Å²) in [6.45, 7) is 2.94. The fraction of sp³-hybridized carbons (Fsp3) is 0.375. The first-order valence-electron chi connectivity index (χ1n) is 3.86. The number of carbonyl (C=O) groups excluding carboxylic acids is 2. The lowest BCUT2D eigenvalue weighted by molar-refractivity contribution is -0.222. The maximum Gasteiger partial charge on any atom is 0.348 e. The minimum absolute atomic E-state index is 0.224. The molecule has 0 amide bonds. The number of carbonyl (C=O) groups is 2. The summed E-state index contributed by atoms with van der Waals surface area (Å²) in [4.78, 5) is 22.5. The SMILES string of the molecule is CC1(C)OC(=O)C(=CC=NN)C(=O)O1. The van der Waals surface area contributed by atoms with Crippen LogP contribution in [0.5, 0.6) is 0 Å². The van der Waals surface area contributed by atoms with Gasteiger partial charge in [0.05, 0.1) is 0 Å². The molecule has 0 bridgehead atoms. The number of nitrogens with zero attached hydrogens (tertiary/aromatic N) is 1. The second kappa shape index (κ2) is 3.49. The summed E-state index contributed by atoms with van der Waals surface area (Å²) in [5.41, 5.74) is -0.224. The molecule has 0 atom stereocenters. The van der Waals surface area contributed by atoms with E-state index < -0.39 is 17.7 Å². The number of allylic oxidation sites excluding steroid dienone is 1. The van der Waals surface area contributed by atoms with Gasteiger partial charge >= 0.3 is 11.9 Å². The van der Waals surface area contributed by atoms with Gasteiger partial charge in [-0.25, -0.2) is 9.59 Å². The number of esters is 2. The van der Waals surface area contributed by atoms with Crippen LogP contribution < -0.4 is 5.84 Å². The number of ether oxygens (including phenoxy) is 2. The van der Waals surface area contributed by atoms with Crippen LogP contribution in [0.3, 0.4) is 0 Å². The molecular formula is C8H10N2O4. The minimum atomic E-state index is -1.22. The van der Waals surface area contributed by atoms with E-state index in [0.29, 0.717) is 0 Å². The Morgan fingerprint density at radius 1 is 1.29 bits per heavy atom. The van der Waals surface area contributed by atoms with Crippen molar-refractivity contribution in [3.63, 3.8) is 0 Å². The van der Waals surface area contributed by atoms with Crippen LogP contribution in [0.15, 0.2) is 16.8 Å². The molecule has 0 aromatic heterocycles. The molecule has 1 aliphatic heterocycles. The van der Waals surface area contributed by atoms with E-state index in [9.17, 15) is 9.59 Å². The lowest BCUT2D eigenvalue weighted by atomic mass is 10.2. The van der Waals surface area contributed by atoms with Gasteiger partial charge < -0.3 is 15.3 Å². The maximum absolute atomic E-state index is 11.2. The molecule has 1 fully saturated rings. The lowest BCUT2D eigenvalue weighted by Gasteiger charge is -2.29. The monoisotopic (exact) mass is 198 g/mol. The Bertz CT molecular complexity index is 308. The van der Waals surface area contributed by atoms with Gasteiger partial charge in [-0.2, -0.15) is 5.10 Å². The van der Waals surface area contributed by atoms with Crippen LogP contribution in [0, 0.1) is 0 Å². The molecule has 1 aliphatic rings. The van der Waals surface area contributed by atoms with Crippen LogP contribution >= 0.6 is 0 Å². The highest BCUT2D eigenvalue weighted by Crippen LogP contribution is 2.21. The zero-order chi connectivity index (χ0) is 10.8. The zero-order valence-electron chi connectivity index (χ0n) is 7.81. The molecular weight excluding hydrogens is 188 g/mol. The second-order valence-electron chi connectivity index (χ2n) is 3.06. The smallest absolute Gasteiger partial charge is 0.348 e. The van der Waals surface area contributed by atoms with E-state index in [0.717, 1.165) is 12.3 Å². The van der Waals surface area contributed by atoms with Crippen LogP contribution in [-0.2, 0) is 19.1 Å². The summed E-state index contributed by atoms with van der Waals surface area (Å²) in [7, 11) is 0. The Morgan fingerprint density at radius 2 is 1.79 bits per heavy atom. The third kappa shape index (κ3) is 2.09. The van der Waals surface area contributed by atoms with Crippen molar-refractivity contribution in [2.45, 2.75) is 19.6 Å². The molecule has 1 saturated heterocycles. The number of cyclic esters (lactones) is 2. The second-order valence-corrected chi connectivity index (χ2v) is 3.06. The van der Waals surface area contributed by atoms with Gasteiger partial charge in [0.25, 0.3) is 5.79 Å². The Kier molecular flexibility index (Phi) is 2.55. The van der Waals surface area contributed by atoms with Crippen LogP contribution in [0.25, 0.3) is 0 Å². The van der Waals surface area contributed by atoms with E-state index in [4.69, 9.17) is 15.3 Å². The molecule has 6 heteroatoms. The lowest BCUT2D eigenvalue weighted by Crippen LogP contribution is -2.41. The van der Waals surface area contributed by atoms with Crippen LogP contribution in [0.4, 0.5) is 0 Å². The molecule has 0 spiro atoms. The Morgan fingerprint density at radius 3 is 2.21 bits per heavy atom. The fourth-order valence-electron chi connectivity index (χ4n) is 0.914. The Labute approximate surface area is 80.4 Å². The number of hydrazone groups is 1. The molecule has 1 heterocycles. The molecule has 0 radical (unpaired) electrons. The summed E-state index contributed by atoms with van der Waals surface area (Å²) in [5.74, 6) is 2.10. The van der Waals surface area contributed by atoms with Crippen LogP contribution in [0.1, 0.15) is 13.8 Å². The van der Waals surface area contributed by atoms with Crippen molar-refractivity contribution in [3.8, 4) is 0 Å². The molecule has 0 saturated carbocycles. The summed E-state index contributed by atoms with van der Waals surface area (Å²) < 4.78 is 9.60. The largest absolute Gasteiger partial charge is 0.419 e. The first kappa shape index (κ1) is 10.2. The van der Waals surface area contributed by atoms with Crippen LogP contribution in [-0.4, -0.2) is 23.9 Å². The fourth-order valence-corrected chi connectivity index (χ4v) is 0.914. The number of rotatable bonds is 1. The van der Waals surface area contributed by atoms with Crippen molar-refractivity contribution in [2.24, 2.45) is 10.9 Å². The van der Waals surface area contributed by atoms with Gasteiger partial charge in [-0.15, -0.1) is 0 Å². The third-order valence-electron chi connectivity index (χ3n) is 1.44. The molecule has 0 unspecified atom stereocenters. The molecule has 6 nitrogen and oxygen atoms in total. The van der Waals surface area contributed by atoms with E-state index in [1.165, 1.54) is 13.8 Å². The topological polar surface area (TPSA) is 91.0 Å². The van der Waals surface area contributed by atoms with Gasteiger partial charge in [-0.3, -0.25) is 0 Å². The van der Waals surface area contributed by atoms with E-state index in [1.807, 2.05) is 0 Å². The Balaban J connectivity index is 2.92. The van der Waals surface area contributed by atoms with E-state index in [2.05, 4.69) is 5.10 Å². The average molecular weight is 198 g/mol. The highest BCUT2D eigenvalue weighted by Gasteiger charge is 2.38. The molecule has 76 valence electrons. The molecule has 14 heavy (non-hydrogen) atoms. The van der Waals surface area contributed by atoms with Gasteiger partial charge in [0.15, 0.2) is 0 Å². The third-order valence-corrected chi connectivity index (χ3v) is 1.44. The number of hydrogen-bond acceptors (Lipinski definition) is 6. The quantitative estimate of drug-likeness (QED) is 0.156. The van der Waals surface area contributed by atoms with Crippen molar-refractivity contribution in [3.05, 3.63) is 11.6 Å². The van der Waals surface area contributed by atoms with Crippen molar-refractivity contribution in [1.82, 2.24) is 0 Å². The molecule has 0 aromatic carbocycles. The first-order valence-corrected chi connectivity index (χ1v) is 3.86. The predicted molar refractivity (Wildman–Crippen MR) is 47.0 cm³/mol. The van der Waals surface area contributed by atoms with Gasteiger partial charge in [0.1, 0.15) is 5.57 Å². The number of nitrogens with two attached hydrogens (primary N) is 1. The first-order chi connectivity index (χ1) is 6.46. The van der Waals surface area contributed by atoms with E-state index in [1.54, 1.807) is 0 Å². The minimum Gasteiger partial charge on any atom is -0.419 e. The summed E-state index contributed by atoms with van der Waals surface area (Å²) >= 11 is 0. The van der Waals surface area contributed by atoms with Gasteiger partial charge in [-0.05, 0) is 6.08 Å². The summed E-state index contributed by atoms with van der Waals surface area (Å²) in [6, 6.07) is 0. The Hall–Kier alpha value is -1.85. The molecule has 0 aromatic rings. The highest BCUT2D eigenvalue weighted by atomic mass is 16.7. The standard InChI is InChI=1S/C8H10N2O4/c1-8(2)13-6(11)5(3-4-10-9)7(12)14-8/h3-4H,9H2,1-2H3. The van der Waals surface area contributed by atoms with Gasteiger partial charge in [-0.1, -0.05) is 0 Å². The zero-order valence-corrected chi connectivity index (χ0v) is 7.81. The molecule has 2 N–H and O–H groups in total. The maximum atomic E-state index is 11.2.